The van der Waals surface area contributed by atoms with Gasteiger partial charge in [0.05, 0.1) is 24.2 Å². The van der Waals surface area contributed by atoms with Crippen LogP contribution in [0.1, 0.15) is 72.6 Å². The topological polar surface area (TPSA) is 134 Å². The van der Waals surface area contributed by atoms with Gasteiger partial charge in [-0.25, -0.2) is 9.59 Å². The highest BCUT2D eigenvalue weighted by Gasteiger charge is 2.73. The lowest BCUT2D eigenvalue weighted by Crippen LogP contribution is -2.72. The Morgan fingerprint density at radius 3 is 2.11 bits per heavy atom. The molecule has 0 aromatic heterocycles. The maximum absolute atomic E-state index is 13.5. The highest BCUT2D eigenvalue weighted by molar-refractivity contribution is 7.83. The lowest BCUT2D eigenvalue weighted by Gasteiger charge is -2.72. The second kappa shape index (κ2) is 12.7. The first-order valence-electron chi connectivity index (χ1n) is 17.6. The third-order valence-electron chi connectivity index (χ3n) is 14.6. The molecule has 4 saturated carbocycles. The SMILES string of the molecule is B[C@]12CC[C@H](O)[C@H](CO)C1CC[C@]1(B)C2CC=C2C3C[C@@](B)(S)[C@@H](OC(=O)/C(C)=C\C)[C@H](OC(=O)/C(C)=C\C)[C@]3(CO)[C@H](O)C[C@]21B. The highest BCUT2D eigenvalue weighted by atomic mass is 32.1. The molecule has 256 valence electrons. The van der Waals surface area contributed by atoms with Crippen LogP contribution in [0.15, 0.2) is 34.9 Å². The van der Waals surface area contributed by atoms with Crippen LogP contribution in [0, 0.1) is 29.1 Å². The van der Waals surface area contributed by atoms with Gasteiger partial charge >= 0.3 is 11.9 Å². The van der Waals surface area contributed by atoms with E-state index in [0.717, 1.165) is 31.3 Å². The predicted molar refractivity (Wildman–Crippen MR) is 196 cm³/mol. The first-order chi connectivity index (χ1) is 21.9. The Kier molecular flexibility index (Phi) is 10.00. The number of aliphatic hydroxyl groups is 4. The Bertz CT molecular complexity index is 1370. The van der Waals surface area contributed by atoms with Gasteiger partial charge in [-0.1, -0.05) is 53.7 Å². The van der Waals surface area contributed by atoms with Gasteiger partial charge in [-0.05, 0) is 76.4 Å². The molecular weight excluding hydrogens is 612 g/mol. The number of hydrogen-bond acceptors (Lipinski definition) is 9. The second-order valence-electron chi connectivity index (χ2n) is 16.5. The number of rotatable bonds is 6. The van der Waals surface area contributed by atoms with Crippen molar-refractivity contribution in [1.29, 1.82) is 0 Å². The largest absolute Gasteiger partial charge is 0.454 e. The summed E-state index contributed by atoms with van der Waals surface area (Å²) in [5, 5.41) is 44.4. The van der Waals surface area contributed by atoms with E-state index < -0.39 is 64.3 Å². The van der Waals surface area contributed by atoms with Crippen molar-refractivity contribution in [3.05, 3.63) is 34.9 Å². The number of thiol groups is 1. The number of aliphatic hydroxyl groups excluding tert-OH is 4. The maximum Gasteiger partial charge on any atom is 0.333 e. The fourth-order valence-corrected chi connectivity index (χ4v) is 11.7. The fourth-order valence-electron chi connectivity index (χ4n) is 11.3. The van der Waals surface area contributed by atoms with Gasteiger partial charge in [0.15, 0.2) is 6.10 Å². The minimum absolute atomic E-state index is 0.0182. The number of carbonyl (C=O) groups is 2. The summed E-state index contributed by atoms with van der Waals surface area (Å²) in [6, 6.07) is 0. The van der Waals surface area contributed by atoms with Crippen molar-refractivity contribution in [3.8, 4) is 0 Å². The van der Waals surface area contributed by atoms with Crippen LogP contribution in [0.25, 0.3) is 0 Å². The molecule has 47 heavy (non-hydrogen) atoms. The van der Waals surface area contributed by atoms with Crippen LogP contribution in [-0.2, 0) is 19.1 Å². The lowest BCUT2D eigenvalue weighted by molar-refractivity contribution is -0.225. The van der Waals surface area contributed by atoms with E-state index in [-0.39, 0.29) is 35.0 Å². The fraction of sp³-hybridized carbons (Fsp3) is 0.765. The van der Waals surface area contributed by atoms with Gasteiger partial charge in [0.2, 0.25) is 0 Å². The Morgan fingerprint density at radius 2 is 1.55 bits per heavy atom. The zero-order chi connectivity index (χ0) is 34.9. The minimum atomic E-state index is -1.33. The van der Waals surface area contributed by atoms with Gasteiger partial charge in [0, 0.05) is 28.3 Å². The second-order valence-corrected chi connectivity index (χ2v) is 17.5. The number of ether oxygens (including phenoxy) is 2. The molecule has 0 spiro atoms. The molecule has 0 aliphatic heterocycles. The molecule has 0 amide bonds. The lowest BCUT2D eigenvalue weighted by atomic mass is 9.23. The van der Waals surface area contributed by atoms with E-state index in [2.05, 4.69) is 29.6 Å². The van der Waals surface area contributed by atoms with Gasteiger partial charge in [-0.3, -0.25) is 0 Å². The third-order valence-corrected chi connectivity index (χ3v) is 15.0. The van der Waals surface area contributed by atoms with Crippen molar-refractivity contribution in [2.45, 2.75) is 118 Å². The summed E-state index contributed by atoms with van der Waals surface area (Å²) in [5.74, 6) is -1.20. The Labute approximate surface area is 289 Å². The molecule has 4 fully saturated rings. The van der Waals surface area contributed by atoms with Crippen LogP contribution in [0.4, 0.5) is 0 Å². The summed E-state index contributed by atoms with van der Waals surface area (Å²) in [5.41, 5.74) is 0.609. The summed E-state index contributed by atoms with van der Waals surface area (Å²) in [6.45, 7) is 6.32. The molecule has 0 radical (unpaired) electrons. The molecule has 0 heterocycles. The average molecular weight is 666 g/mol. The Balaban J connectivity index is 1.64. The van der Waals surface area contributed by atoms with Crippen LogP contribution in [0.5, 0.6) is 0 Å². The average Bonchev–Trinajstić information content (AvgIpc) is 3.02. The number of carbonyl (C=O) groups excluding carboxylic acids is 2. The standard InChI is InChI=1S/C34H54B4O8S/c1-5-17(3)28(43)45-26-27(46-29(44)18(4)6-2)34(38,47)13-22-21-7-8-24-31(35)11-10-23(41)19(15-39)20(31)9-12-32(24,36)33(21,37)14-25(42)30(22,26)16-40/h5-7,19-20,22-27,39-42,47H,8-16,35-38H2,1-4H3/b17-5-,18-6-/t19-,20?,22?,23+,24?,25-,26+,27+,30+,31-,32+,33+,34-/m1/s1. The molecule has 8 nitrogen and oxygen atoms in total. The van der Waals surface area contributed by atoms with E-state index in [4.69, 9.17) is 22.1 Å². The summed E-state index contributed by atoms with van der Waals surface area (Å²) < 4.78 is 11.4. The van der Waals surface area contributed by atoms with Crippen LogP contribution in [0.3, 0.4) is 0 Å². The molecule has 0 aromatic rings. The van der Waals surface area contributed by atoms with Crippen molar-refractivity contribution >= 4 is 56.0 Å². The van der Waals surface area contributed by atoms with Crippen molar-refractivity contribution in [1.82, 2.24) is 0 Å². The van der Waals surface area contributed by atoms with Crippen molar-refractivity contribution in [2.24, 2.45) is 29.1 Å². The zero-order valence-corrected chi connectivity index (χ0v) is 30.5. The summed E-state index contributed by atoms with van der Waals surface area (Å²) in [4.78, 5) is 26.7. The molecule has 4 N–H and O–H groups in total. The molecule has 0 bridgehead atoms. The molecule has 0 aromatic carbocycles. The summed E-state index contributed by atoms with van der Waals surface area (Å²) in [7, 11) is 8.88. The summed E-state index contributed by atoms with van der Waals surface area (Å²) in [6.07, 6.45) is 6.77. The number of hydrogen-bond donors (Lipinski definition) is 5. The van der Waals surface area contributed by atoms with E-state index in [1.807, 2.05) is 7.85 Å². The number of allylic oxidation sites excluding steroid dienone is 4. The maximum atomic E-state index is 13.5. The van der Waals surface area contributed by atoms with Crippen molar-refractivity contribution < 1.29 is 39.5 Å². The predicted octanol–water partition coefficient (Wildman–Crippen LogP) is 0.260. The van der Waals surface area contributed by atoms with Crippen molar-refractivity contribution in [2.75, 3.05) is 13.2 Å². The third kappa shape index (κ3) is 5.30. The van der Waals surface area contributed by atoms with E-state index in [1.165, 1.54) is 0 Å². The van der Waals surface area contributed by atoms with Crippen LogP contribution in [-0.4, -0.2) is 106 Å². The monoisotopic (exact) mass is 666 g/mol. The smallest absolute Gasteiger partial charge is 0.333 e. The van der Waals surface area contributed by atoms with Gasteiger partial charge in [0.25, 0.3) is 0 Å². The van der Waals surface area contributed by atoms with Gasteiger partial charge in [-0.2, -0.15) is 12.6 Å². The van der Waals surface area contributed by atoms with E-state index in [9.17, 15) is 30.0 Å². The van der Waals surface area contributed by atoms with E-state index in [1.54, 1.807) is 39.8 Å². The molecule has 5 aliphatic rings. The minimum Gasteiger partial charge on any atom is -0.454 e. The molecule has 0 saturated heterocycles. The Morgan fingerprint density at radius 1 is 0.957 bits per heavy atom. The molecule has 5 aliphatic carbocycles. The van der Waals surface area contributed by atoms with E-state index in [0.29, 0.717) is 30.4 Å². The van der Waals surface area contributed by atoms with Crippen molar-refractivity contribution in [3.63, 3.8) is 0 Å². The first-order valence-corrected chi connectivity index (χ1v) is 18.1. The molecule has 3 unspecified atom stereocenters. The quantitative estimate of drug-likeness (QED) is 0.0898. The summed E-state index contributed by atoms with van der Waals surface area (Å²) >= 11 is 5.12. The highest BCUT2D eigenvalue weighted by Crippen LogP contribution is 2.80. The first kappa shape index (κ1) is 36.9. The van der Waals surface area contributed by atoms with Gasteiger partial charge in [0.1, 0.15) is 37.5 Å². The zero-order valence-electron chi connectivity index (χ0n) is 29.6. The molecule has 13 atom stereocenters. The van der Waals surface area contributed by atoms with Gasteiger partial charge < -0.3 is 29.9 Å². The molecule has 13 heteroatoms. The van der Waals surface area contributed by atoms with Gasteiger partial charge in [-0.15, -0.1) is 0 Å². The van der Waals surface area contributed by atoms with E-state index >= 15 is 0 Å². The number of fused-ring (bicyclic) bond motifs is 7. The molecular formula is C34H54B4O8S. The Hall–Kier alpha value is -1.39. The van der Waals surface area contributed by atoms with Crippen LogP contribution in [0.2, 0.25) is 15.9 Å². The normalized spacial score (nSPS) is 48.1. The number of esters is 2. The molecule has 5 rings (SSSR count). The van der Waals surface area contributed by atoms with Crippen LogP contribution >= 0.6 is 12.6 Å². The van der Waals surface area contributed by atoms with Crippen LogP contribution < -0.4 is 0 Å².